The van der Waals surface area contributed by atoms with Gasteiger partial charge in [0.15, 0.2) is 0 Å². The van der Waals surface area contributed by atoms with Crippen molar-refractivity contribution in [2.45, 2.75) is 19.4 Å². The number of aromatic nitrogens is 2. The van der Waals surface area contributed by atoms with Crippen molar-refractivity contribution in [2.24, 2.45) is 0 Å². The Hall–Kier alpha value is -3.81. The summed E-state index contributed by atoms with van der Waals surface area (Å²) in [4.78, 5) is 25.0. The summed E-state index contributed by atoms with van der Waals surface area (Å²) in [5.74, 6) is 0.526. The van der Waals surface area contributed by atoms with Crippen molar-refractivity contribution in [1.82, 2.24) is 15.5 Å². The van der Waals surface area contributed by atoms with E-state index < -0.39 is 6.09 Å². The lowest BCUT2D eigenvalue weighted by atomic mass is 10.00. The molecule has 3 aromatic rings. The average Bonchev–Trinajstić information content (AvgIpc) is 3.31. The number of H-pyrrole nitrogens is 1. The highest BCUT2D eigenvalue weighted by molar-refractivity contribution is 5.91. The third-order valence-corrected chi connectivity index (χ3v) is 5.52. The Bertz CT molecular complexity index is 1140. The molecule has 1 saturated heterocycles. The Morgan fingerprint density at radius 1 is 1.26 bits per heavy atom. The zero-order valence-corrected chi connectivity index (χ0v) is 17.1. The maximum absolute atomic E-state index is 12.4. The highest BCUT2D eigenvalue weighted by Gasteiger charge is 2.33. The summed E-state index contributed by atoms with van der Waals surface area (Å²) in [5.41, 5.74) is 5.65. The second-order valence-corrected chi connectivity index (χ2v) is 7.62. The second-order valence-electron chi connectivity index (χ2n) is 7.62. The van der Waals surface area contributed by atoms with Gasteiger partial charge in [-0.15, -0.1) is 0 Å². The zero-order valence-electron chi connectivity index (χ0n) is 17.1. The minimum absolute atomic E-state index is 0.155. The van der Waals surface area contributed by atoms with Gasteiger partial charge in [-0.05, 0) is 17.7 Å². The first kappa shape index (κ1) is 19.2. The number of amides is 2. The van der Waals surface area contributed by atoms with E-state index in [0.717, 1.165) is 34.5 Å². The molecule has 1 fully saturated rings. The molecule has 31 heavy (non-hydrogen) atoms. The number of benzene rings is 2. The number of carbonyl (C=O) groups is 2. The van der Waals surface area contributed by atoms with Crippen LogP contribution < -0.4 is 15.0 Å². The maximum Gasteiger partial charge on any atom is 0.414 e. The first-order chi connectivity index (χ1) is 15.1. The van der Waals surface area contributed by atoms with Crippen LogP contribution in [0, 0.1) is 0 Å². The number of hydrogen-bond donors (Lipinski definition) is 2. The van der Waals surface area contributed by atoms with Crippen molar-refractivity contribution >= 4 is 17.7 Å². The molecular formula is C23H22N4O4. The third kappa shape index (κ3) is 3.61. The van der Waals surface area contributed by atoms with Crippen LogP contribution in [0.15, 0.2) is 48.5 Å². The molecule has 2 aromatic carbocycles. The van der Waals surface area contributed by atoms with Gasteiger partial charge in [0.05, 0.1) is 36.8 Å². The van der Waals surface area contributed by atoms with Gasteiger partial charge in [0.25, 0.3) is 0 Å². The lowest BCUT2D eigenvalue weighted by Crippen LogP contribution is -2.33. The van der Waals surface area contributed by atoms with Crippen molar-refractivity contribution in [3.63, 3.8) is 0 Å². The molecule has 0 bridgehead atoms. The summed E-state index contributed by atoms with van der Waals surface area (Å²) in [6.45, 7) is 2.60. The van der Waals surface area contributed by atoms with Crippen molar-refractivity contribution < 1.29 is 19.1 Å². The van der Waals surface area contributed by atoms with E-state index in [0.29, 0.717) is 24.6 Å². The van der Waals surface area contributed by atoms with Crippen molar-refractivity contribution in [1.29, 1.82) is 0 Å². The fourth-order valence-electron chi connectivity index (χ4n) is 4.03. The van der Waals surface area contributed by atoms with Crippen LogP contribution in [-0.2, 0) is 16.0 Å². The molecule has 1 atom stereocenters. The molecule has 2 N–H and O–H groups in total. The molecule has 3 heterocycles. The first-order valence-electron chi connectivity index (χ1n) is 10.2. The summed E-state index contributed by atoms with van der Waals surface area (Å²) < 4.78 is 11.4. The Balaban J connectivity index is 1.43. The number of rotatable bonds is 4. The van der Waals surface area contributed by atoms with Gasteiger partial charge in [-0.25, -0.2) is 4.79 Å². The molecule has 0 spiro atoms. The Labute approximate surface area is 179 Å². The van der Waals surface area contributed by atoms with Crippen LogP contribution in [0.1, 0.15) is 12.5 Å². The Morgan fingerprint density at radius 3 is 2.90 bits per heavy atom. The smallest absolute Gasteiger partial charge is 0.414 e. The minimum atomic E-state index is -0.434. The number of ether oxygens (including phenoxy) is 2. The SMILES string of the molecule is CC(=O)NC[C@H]1CN(c2ccc3c(c2)OCCc2c-3n[nH]c2-c2ccccc2)C(=O)O1. The topological polar surface area (TPSA) is 96.5 Å². The Kier molecular flexibility index (Phi) is 4.82. The lowest BCUT2D eigenvalue weighted by molar-refractivity contribution is -0.119. The van der Waals surface area contributed by atoms with Gasteiger partial charge in [-0.3, -0.25) is 14.8 Å². The van der Waals surface area contributed by atoms with E-state index >= 15 is 0 Å². The number of aromatic amines is 1. The van der Waals surface area contributed by atoms with E-state index in [1.165, 1.54) is 6.92 Å². The fourth-order valence-corrected chi connectivity index (χ4v) is 4.03. The summed E-state index contributed by atoms with van der Waals surface area (Å²) in [6, 6.07) is 15.8. The third-order valence-electron chi connectivity index (χ3n) is 5.52. The van der Waals surface area contributed by atoms with Crippen molar-refractivity contribution in [2.75, 3.05) is 24.6 Å². The van der Waals surface area contributed by atoms with Gasteiger partial charge in [0.2, 0.25) is 5.91 Å². The van der Waals surface area contributed by atoms with Gasteiger partial charge in [-0.2, -0.15) is 5.10 Å². The molecule has 2 aliphatic rings. The molecule has 2 aliphatic heterocycles. The lowest BCUT2D eigenvalue weighted by Gasteiger charge is -2.16. The molecular weight excluding hydrogens is 396 g/mol. The van der Waals surface area contributed by atoms with Gasteiger partial charge in [0.1, 0.15) is 11.9 Å². The second kappa shape index (κ2) is 7.79. The predicted molar refractivity (Wildman–Crippen MR) is 115 cm³/mol. The van der Waals surface area contributed by atoms with Gasteiger partial charge >= 0.3 is 6.09 Å². The number of hydrogen-bond acceptors (Lipinski definition) is 5. The van der Waals surface area contributed by atoms with Crippen LogP contribution in [0.3, 0.4) is 0 Å². The number of carbonyl (C=O) groups excluding carboxylic acids is 2. The van der Waals surface area contributed by atoms with Gasteiger partial charge < -0.3 is 14.8 Å². The monoisotopic (exact) mass is 418 g/mol. The van der Waals surface area contributed by atoms with Crippen molar-refractivity contribution in [3.05, 3.63) is 54.1 Å². The molecule has 0 unspecified atom stereocenters. The first-order valence-corrected chi connectivity index (χ1v) is 10.2. The van der Waals surface area contributed by atoms with Crippen molar-refractivity contribution in [3.8, 4) is 28.3 Å². The Morgan fingerprint density at radius 2 is 2.10 bits per heavy atom. The van der Waals surface area contributed by atoms with E-state index in [9.17, 15) is 9.59 Å². The van der Waals surface area contributed by atoms with Gasteiger partial charge in [-0.1, -0.05) is 30.3 Å². The molecule has 8 heteroatoms. The molecule has 1 aromatic heterocycles. The predicted octanol–water partition coefficient (Wildman–Crippen LogP) is 3.14. The molecule has 0 saturated carbocycles. The van der Waals surface area contributed by atoms with Crippen LogP contribution in [0.25, 0.3) is 22.5 Å². The van der Waals surface area contributed by atoms with Crippen LogP contribution in [0.5, 0.6) is 5.75 Å². The summed E-state index contributed by atoms with van der Waals surface area (Å²) in [7, 11) is 0. The highest BCUT2D eigenvalue weighted by atomic mass is 16.6. The number of fused-ring (bicyclic) bond motifs is 3. The number of nitrogens with one attached hydrogen (secondary N) is 2. The maximum atomic E-state index is 12.4. The number of nitrogens with zero attached hydrogens (tertiary/aromatic N) is 2. The van der Waals surface area contributed by atoms with Crippen LogP contribution >= 0.6 is 0 Å². The molecule has 2 amide bonds. The molecule has 0 radical (unpaired) electrons. The van der Waals surface area contributed by atoms with Crippen LogP contribution in [0.4, 0.5) is 10.5 Å². The van der Waals surface area contributed by atoms with E-state index in [4.69, 9.17) is 9.47 Å². The van der Waals surface area contributed by atoms with Crippen LogP contribution in [-0.4, -0.2) is 48.0 Å². The van der Waals surface area contributed by atoms with E-state index in [1.54, 1.807) is 4.90 Å². The standard InChI is InChI=1S/C23H22N4O4/c1-14(28)24-12-17-13-27(23(29)31-17)16-7-8-18-20(11-16)30-10-9-19-21(25-26-22(18)19)15-5-3-2-4-6-15/h2-8,11,17H,9-10,12-13H2,1H3,(H,24,28)(H,25,26)/t17-/m0/s1. The fraction of sp³-hybridized carbons (Fsp3) is 0.261. The van der Waals surface area contributed by atoms with E-state index in [-0.39, 0.29) is 18.6 Å². The number of cyclic esters (lactones) is 1. The summed E-state index contributed by atoms with van der Waals surface area (Å²) >= 11 is 0. The van der Waals surface area contributed by atoms with E-state index in [1.807, 2.05) is 36.4 Å². The molecule has 8 nitrogen and oxygen atoms in total. The largest absolute Gasteiger partial charge is 0.492 e. The quantitative estimate of drug-likeness (QED) is 0.679. The summed E-state index contributed by atoms with van der Waals surface area (Å²) in [5, 5.41) is 10.4. The normalized spacial score (nSPS) is 17.3. The van der Waals surface area contributed by atoms with E-state index in [2.05, 4.69) is 27.6 Å². The zero-order chi connectivity index (χ0) is 21.4. The number of anilines is 1. The van der Waals surface area contributed by atoms with Gasteiger partial charge in [0, 0.05) is 30.5 Å². The molecule has 0 aliphatic carbocycles. The van der Waals surface area contributed by atoms with Crippen LogP contribution in [0.2, 0.25) is 0 Å². The minimum Gasteiger partial charge on any atom is -0.492 e. The highest BCUT2D eigenvalue weighted by Crippen LogP contribution is 2.40. The average molecular weight is 418 g/mol. The molecule has 158 valence electrons. The molecule has 5 rings (SSSR count). The summed E-state index contributed by atoms with van der Waals surface area (Å²) in [6.07, 6.45) is -0.0943.